The van der Waals surface area contributed by atoms with Crippen molar-refractivity contribution in [1.29, 1.82) is 0 Å². The maximum Gasteiger partial charge on any atom is 0.335 e. The Morgan fingerprint density at radius 1 is 0.370 bits per heavy atom. The van der Waals surface area contributed by atoms with Crippen molar-refractivity contribution in [2.75, 3.05) is 39.6 Å². The second-order valence-corrected chi connectivity index (χ2v) is 46.2. The standard InChI is InChI=1S/C22H40N2O7Si2.C21H38N2O7Si2.C10H14N2O6.C9H12N2O6/c1-13(2)32(14(3)4)28-12-18-20(30-33(31-32,15(5)6)16(7)8)17(11-25)21(29-18)24-10-9-19(26)23-22(24)27;1-12(2)31(13(3)4)27-11-16-19(29-32(30-31,14(5)6)15(7)8)18(25)20(28-16)23-10-9-17(24)22-21(23)26;13-3-5-8(16)6(4-14)18-9(5)12-2-1-7(15)11-10(12)17;12-3-4-6(14)7(15)8(17-4)11-2-1-5(13)10-9(11)16/h9-10,13-18,20-21,25H,11-12H2,1-8H3,(H,23,26,27);9-10,12-16,18-20,25H,11H2,1-8H3,(H,22,24,26);1-2,5-6,8-9,13-14,16H,3-4H2,(H,11,15,17);1-2,4,6-8,12,14-15H,3H2,(H,10,13,16)/t17-,18-,20?,21-;16-,18-,19?,20-;5-,6-,8?,9-;4-,6?,7-,8-/m1111/s1. The van der Waals surface area contributed by atoms with E-state index < -0.39 is 197 Å². The minimum absolute atomic E-state index is 0.108. The van der Waals surface area contributed by atoms with E-state index in [9.17, 15) is 69.0 Å². The highest BCUT2D eigenvalue weighted by molar-refractivity contribution is 6.84. The number of nitrogens with one attached hydrogen (secondary N) is 4. The lowest BCUT2D eigenvalue weighted by atomic mass is 10.0. The lowest BCUT2D eigenvalue weighted by molar-refractivity contribution is -0.0600. The Balaban J connectivity index is 0.000000195. The minimum Gasteiger partial charge on any atom is -0.414 e. The summed E-state index contributed by atoms with van der Waals surface area (Å²) in [6, 6.07) is 4.74. The summed E-state index contributed by atoms with van der Waals surface area (Å²) in [5.41, 5.74) is -3.51. The number of nitrogens with zero attached hydrogens (tertiary/aromatic N) is 4. The normalized spacial score (nSPS) is 30.6. The zero-order valence-electron chi connectivity index (χ0n) is 59.4. The second kappa shape index (κ2) is 33.8. The van der Waals surface area contributed by atoms with Gasteiger partial charge in [0.2, 0.25) is 0 Å². The summed E-state index contributed by atoms with van der Waals surface area (Å²) in [5, 5.41) is 77.7. The van der Waals surface area contributed by atoms with Crippen LogP contribution in [-0.2, 0) is 44.9 Å². The molecule has 10 rings (SSSR count). The third kappa shape index (κ3) is 16.7. The van der Waals surface area contributed by atoms with Crippen LogP contribution < -0.4 is 45.0 Å². The average molecular weight is 1490 g/mol. The van der Waals surface area contributed by atoms with Gasteiger partial charge >= 0.3 is 57.0 Å². The maximum absolute atomic E-state index is 12.5. The number of hydrogen-bond acceptors (Lipinski definition) is 26. The zero-order chi connectivity index (χ0) is 74.6. The topological polar surface area (TPSA) is 474 Å². The summed E-state index contributed by atoms with van der Waals surface area (Å²) in [7, 11) is -11.2. The van der Waals surface area contributed by atoms with E-state index in [4.69, 9.17) is 55.1 Å². The van der Waals surface area contributed by atoms with Gasteiger partial charge in [-0.05, 0) is 44.3 Å². The minimum atomic E-state index is -2.91. The molecular weight excluding hydrogens is 1390 g/mol. The van der Waals surface area contributed by atoms with Crippen LogP contribution in [0.3, 0.4) is 0 Å². The van der Waals surface area contributed by atoms with E-state index in [0.717, 1.165) is 27.5 Å². The Morgan fingerprint density at radius 2 is 0.660 bits per heavy atom. The van der Waals surface area contributed by atoms with E-state index in [2.05, 4.69) is 126 Å². The van der Waals surface area contributed by atoms with Crippen LogP contribution in [0.25, 0.3) is 0 Å². The van der Waals surface area contributed by atoms with Gasteiger partial charge in [0, 0.05) is 49.1 Å². The molecular formula is C62H104N8O26Si4. The number of H-pyrrole nitrogens is 4. The maximum atomic E-state index is 12.5. The van der Waals surface area contributed by atoms with Gasteiger partial charge in [0.1, 0.15) is 61.3 Å². The fraction of sp³-hybridized carbons (Fsp3) is 0.742. The molecule has 6 fully saturated rings. The van der Waals surface area contributed by atoms with Gasteiger partial charge in [0.05, 0.1) is 63.7 Å². The van der Waals surface area contributed by atoms with E-state index in [1.54, 1.807) is 0 Å². The molecule has 0 bridgehead atoms. The monoisotopic (exact) mass is 1490 g/mol. The highest BCUT2D eigenvalue weighted by atomic mass is 28.5. The Kier molecular flexibility index (Phi) is 27.7. The van der Waals surface area contributed by atoms with Crippen molar-refractivity contribution in [2.24, 2.45) is 11.8 Å². The van der Waals surface area contributed by atoms with E-state index in [-0.39, 0.29) is 64.2 Å². The van der Waals surface area contributed by atoms with E-state index in [1.807, 2.05) is 4.98 Å². The van der Waals surface area contributed by atoms with E-state index in [0.29, 0.717) is 0 Å². The van der Waals surface area contributed by atoms with Crippen LogP contribution in [0.1, 0.15) is 136 Å². The first kappa shape index (κ1) is 82.2. The molecule has 0 amide bonds. The lowest BCUT2D eigenvalue weighted by Gasteiger charge is -2.51. The molecule has 6 aliphatic heterocycles. The van der Waals surface area contributed by atoms with Gasteiger partial charge in [0.25, 0.3) is 22.2 Å². The number of aromatic amines is 4. The molecule has 4 aromatic heterocycles. The quantitative estimate of drug-likeness (QED) is 0.0671. The van der Waals surface area contributed by atoms with Crippen molar-refractivity contribution in [3.8, 4) is 0 Å². The predicted molar refractivity (Wildman–Crippen MR) is 368 cm³/mol. The molecule has 6 saturated heterocycles. The number of ether oxygens (including phenoxy) is 4. The summed E-state index contributed by atoms with van der Waals surface area (Å²) >= 11 is 0. The largest absolute Gasteiger partial charge is 0.414 e. The first-order chi connectivity index (χ1) is 46.9. The van der Waals surface area contributed by atoms with Crippen molar-refractivity contribution in [3.05, 3.63) is 132 Å². The van der Waals surface area contributed by atoms with Crippen molar-refractivity contribution in [3.63, 3.8) is 0 Å². The molecule has 12 N–H and O–H groups in total. The van der Waals surface area contributed by atoms with Crippen molar-refractivity contribution in [2.45, 2.75) is 241 Å². The van der Waals surface area contributed by atoms with Gasteiger partial charge in [-0.25, -0.2) is 19.2 Å². The highest BCUT2D eigenvalue weighted by Crippen LogP contribution is 2.51. The average Bonchev–Trinajstić information content (AvgIpc) is 1.36. The van der Waals surface area contributed by atoms with Crippen LogP contribution in [-0.4, -0.2) is 214 Å². The van der Waals surface area contributed by atoms with Crippen LogP contribution in [0.5, 0.6) is 0 Å². The SMILES string of the molecule is CC(C)[Si]1(C(C)C)OC[C@H]2O[C@@H](n3ccc(=O)[nH]c3=O)[C@H](CO)C2O[Si](C(C)C)(C(C)C)O1.CC(C)[Si]1(C(C)C)OC[C@H]2O[C@@H](n3ccc(=O)[nH]c3=O)[C@H](O)C2O[Si](C(C)C)(C(C)C)O1.O=c1ccn([C@@H]2O[C@H](CO)C(O)[C@H]2CO)c(=O)[nH]1.O=c1ccn([C@@H]2O[C@H](CO)C(O)[C@H]2O)c(=O)[nH]1. The van der Waals surface area contributed by atoms with Crippen LogP contribution in [0, 0.1) is 11.8 Å². The Hall–Kier alpha value is -5.13. The molecule has 0 aliphatic carbocycles. The molecule has 10 heterocycles. The van der Waals surface area contributed by atoms with Gasteiger partial charge in [-0.15, -0.1) is 0 Å². The number of hydrogen-bond donors (Lipinski definition) is 12. The third-order valence-corrected chi connectivity index (χ3v) is 40.1. The first-order valence-corrected chi connectivity index (χ1v) is 41.8. The number of aliphatic hydroxyl groups is 8. The molecule has 6 aliphatic rings. The molecule has 38 heteroatoms. The Morgan fingerprint density at radius 3 is 0.980 bits per heavy atom. The summed E-state index contributed by atoms with van der Waals surface area (Å²) in [4.78, 5) is 101. The van der Waals surface area contributed by atoms with Crippen LogP contribution in [0.15, 0.2) is 87.4 Å². The van der Waals surface area contributed by atoms with Crippen LogP contribution in [0.2, 0.25) is 44.3 Å². The highest BCUT2D eigenvalue weighted by Gasteiger charge is 2.64. The van der Waals surface area contributed by atoms with Gasteiger partial charge in [0.15, 0.2) is 12.5 Å². The molecule has 0 radical (unpaired) electrons. The number of aliphatic hydroxyl groups excluding tert-OH is 8. The van der Waals surface area contributed by atoms with Gasteiger partial charge in [-0.3, -0.25) is 57.4 Å². The second-order valence-electron chi connectivity index (χ2n) is 28.5. The predicted octanol–water partition coefficient (Wildman–Crippen LogP) is 0.294. The molecule has 564 valence electrons. The van der Waals surface area contributed by atoms with Gasteiger partial charge in [-0.1, -0.05) is 111 Å². The van der Waals surface area contributed by atoms with Crippen LogP contribution >= 0.6 is 0 Å². The molecule has 100 heavy (non-hydrogen) atoms. The fourth-order valence-electron chi connectivity index (χ4n) is 14.1. The molecule has 34 nitrogen and oxygen atoms in total. The lowest BCUT2D eigenvalue weighted by Crippen LogP contribution is -2.65. The summed E-state index contributed by atoms with van der Waals surface area (Å²) < 4.78 is 68.9. The molecule has 0 aromatic carbocycles. The van der Waals surface area contributed by atoms with Crippen LogP contribution in [0.4, 0.5) is 0 Å². The molecule has 4 unspecified atom stereocenters. The molecule has 16 atom stereocenters. The zero-order valence-corrected chi connectivity index (χ0v) is 63.4. The molecule has 0 saturated carbocycles. The smallest absolute Gasteiger partial charge is 0.335 e. The Labute approximate surface area is 580 Å². The Bertz CT molecular complexity index is 3800. The number of aromatic nitrogens is 8. The van der Waals surface area contributed by atoms with Crippen molar-refractivity contribution >= 4 is 34.2 Å². The summed E-state index contributed by atoms with van der Waals surface area (Å²) in [5.74, 6) is -1.26. The number of fused-ring (bicyclic) bond motifs is 2. The van der Waals surface area contributed by atoms with Crippen molar-refractivity contribution in [1.82, 2.24) is 38.2 Å². The first-order valence-electron chi connectivity index (χ1n) is 33.9. The molecule has 0 spiro atoms. The molecule has 4 aromatic rings. The van der Waals surface area contributed by atoms with E-state index >= 15 is 0 Å². The third-order valence-electron chi connectivity index (χ3n) is 19.6. The number of rotatable bonds is 16. The fourth-order valence-corrected chi connectivity index (χ4v) is 36.6. The van der Waals surface area contributed by atoms with E-state index in [1.165, 1.54) is 39.9 Å². The van der Waals surface area contributed by atoms with Gasteiger partial charge < -0.3 is 85.7 Å². The summed E-state index contributed by atoms with van der Waals surface area (Å²) in [6.07, 6.45) is -7.62. The summed E-state index contributed by atoms with van der Waals surface area (Å²) in [6.45, 7) is 33.0. The van der Waals surface area contributed by atoms with Crippen molar-refractivity contribution < 1.29 is 85.7 Å². The van der Waals surface area contributed by atoms with Gasteiger partial charge in [-0.2, -0.15) is 0 Å².